The molecule has 0 aliphatic heterocycles. The summed E-state index contributed by atoms with van der Waals surface area (Å²) < 4.78 is 1.48. The standard InChI is InChI=1S/C10H13.HI.Mg/c1-3-4-10-7-5-9(2)6-8-10;;/h5-8H,1,3-4H2,2H3;1H;/q;;+1/p-1. The highest BCUT2D eigenvalue weighted by Gasteiger charge is 1.93. The van der Waals surface area contributed by atoms with Crippen LogP contribution < -0.4 is 0 Å². The predicted molar refractivity (Wildman–Crippen MR) is 64.1 cm³/mol. The average molecular weight is 284 g/mol. The van der Waals surface area contributed by atoms with Crippen molar-refractivity contribution in [1.82, 2.24) is 0 Å². The zero-order chi connectivity index (χ0) is 8.81. The summed E-state index contributed by atoms with van der Waals surface area (Å²) in [6, 6.07) is 8.92. The van der Waals surface area contributed by atoms with Crippen molar-refractivity contribution in [3.8, 4) is 0 Å². The van der Waals surface area contributed by atoms with Gasteiger partial charge in [-0.1, -0.05) is 36.2 Å². The van der Waals surface area contributed by atoms with Crippen LogP contribution in [0.5, 0.6) is 0 Å². The fraction of sp³-hybridized carbons (Fsp3) is 0.400. The van der Waals surface area contributed by atoms with Crippen LogP contribution in [0.4, 0.5) is 0 Å². The Morgan fingerprint density at radius 2 is 1.92 bits per heavy atom. The molecule has 0 aliphatic rings. The van der Waals surface area contributed by atoms with Crippen LogP contribution in [0.25, 0.3) is 0 Å². The number of benzene rings is 1. The molecule has 0 spiro atoms. The third kappa shape index (κ3) is 4.10. The molecule has 0 aromatic heterocycles. The molecule has 0 aliphatic carbocycles. The summed E-state index contributed by atoms with van der Waals surface area (Å²) in [5, 5.41) is 0. The van der Waals surface area contributed by atoms with Crippen LogP contribution in [0.15, 0.2) is 24.3 Å². The largest absolute Gasteiger partial charge is 0.463 e. The van der Waals surface area contributed by atoms with Crippen molar-refractivity contribution in [2.75, 3.05) is 0 Å². The number of hydrogen-bond acceptors (Lipinski definition) is 0. The Balaban J connectivity index is 2.37. The van der Waals surface area contributed by atoms with E-state index >= 15 is 0 Å². The number of rotatable bonds is 4. The Bertz CT molecular complexity index is 218. The van der Waals surface area contributed by atoms with Gasteiger partial charge in [0.05, 0.1) is 0 Å². The second-order valence-electron chi connectivity index (χ2n) is 3.13. The molecule has 0 nitrogen and oxygen atoms in total. The van der Waals surface area contributed by atoms with E-state index in [1.165, 1.54) is 28.5 Å². The maximum absolute atomic E-state index is 2.57. The third-order valence-electron chi connectivity index (χ3n) is 1.97. The first-order chi connectivity index (χ1) is 5.83. The van der Waals surface area contributed by atoms with Gasteiger partial charge in [-0.15, -0.1) is 4.55 Å². The lowest BCUT2D eigenvalue weighted by Gasteiger charge is -1.99. The molecule has 0 heterocycles. The Kier molecular flexibility index (Phi) is 5.59. The van der Waals surface area contributed by atoms with Gasteiger partial charge >= 0.3 is 16.5 Å². The second kappa shape index (κ2) is 6.21. The molecular formula is C10H13IMg. The molecule has 12 heavy (non-hydrogen) atoms. The average Bonchev–Trinajstić information content (AvgIpc) is 2.09. The molecule has 0 N–H and O–H groups in total. The van der Waals surface area contributed by atoms with Crippen molar-refractivity contribution in [3.63, 3.8) is 0 Å². The van der Waals surface area contributed by atoms with Crippen molar-refractivity contribution < 1.29 is 0 Å². The van der Waals surface area contributed by atoms with Gasteiger partial charge < -0.3 is 18.9 Å². The molecule has 0 saturated carbocycles. The highest BCUT2D eigenvalue weighted by Crippen LogP contribution is 2.07. The van der Waals surface area contributed by atoms with E-state index in [1.54, 1.807) is 0 Å². The smallest absolute Gasteiger partial charge is 0.301 e. The SMILES string of the molecule is Cc1ccc(CC[CH2][Mg][I])cc1. The number of aryl methyl sites for hydroxylation is 2. The minimum atomic E-state index is 0.260. The minimum absolute atomic E-state index is 0.260. The van der Waals surface area contributed by atoms with Gasteiger partial charge in [0.2, 0.25) is 0 Å². The van der Waals surface area contributed by atoms with E-state index in [0.29, 0.717) is 0 Å². The first-order valence-corrected chi connectivity index (χ1v) is 10.6. The normalized spacial score (nSPS) is 9.50. The van der Waals surface area contributed by atoms with Gasteiger partial charge in [0.15, 0.2) is 0 Å². The van der Waals surface area contributed by atoms with Crippen molar-refractivity contribution in [2.24, 2.45) is 0 Å². The van der Waals surface area contributed by atoms with Crippen LogP contribution >= 0.6 is 18.9 Å². The number of halogens is 1. The summed E-state index contributed by atoms with van der Waals surface area (Å²) in [7, 11) is 0. The van der Waals surface area contributed by atoms with Crippen LogP contribution in [-0.4, -0.2) is 16.5 Å². The molecular weight excluding hydrogens is 271 g/mol. The number of hydrogen-bond donors (Lipinski definition) is 0. The molecule has 0 unspecified atom stereocenters. The molecule has 0 bridgehead atoms. The van der Waals surface area contributed by atoms with Gasteiger partial charge in [-0.25, -0.2) is 0 Å². The molecule has 0 atom stereocenters. The first kappa shape index (κ1) is 10.8. The van der Waals surface area contributed by atoms with Crippen molar-refractivity contribution in [1.29, 1.82) is 0 Å². The monoisotopic (exact) mass is 284 g/mol. The Hall–Kier alpha value is 0.716. The van der Waals surface area contributed by atoms with E-state index in [9.17, 15) is 0 Å². The first-order valence-electron chi connectivity index (χ1n) is 4.44. The lowest BCUT2D eigenvalue weighted by atomic mass is 10.1. The summed E-state index contributed by atoms with van der Waals surface area (Å²) in [5.74, 6) is 0. The van der Waals surface area contributed by atoms with Crippen LogP contribution in [0.1, 0.15) is 17.5 Å². The van der Waals surface area contributed by atoms with Crippen molar-refractivity contribution in [3.05, 3.63) is 35.4 Å². The summed E-state index contributed by atoms with van der Waals surface area (Å²) in [6.45, 7) is 2.14. The fourth-order valence-corrected chi connectivity index (χ4v) is 3.24. The van der Waals surface area contributed by atoms with Gasteiger partial charge in [0, 0.05) is 0 Å². The lowest BCUT2D eigenvalue weighted by molar-refractivity contribution is 0.918. The molecule has 2 heteroatoms. The minimum Gasteiger partial charge on any atom is -0.301 e. The zero-order valence-electron chi connectivity index (χ0n) is 7.52. The predicted octanol–water partition coefficient (Wildman–Crippen LogP) is 3.40. The summed E-state index contributed by atoms with van der Waals surface area (Å²) in [6.07, 6.45) is 2.66. The second-order valence-corrected chi connectivity index (χ2v) is 7.45. The van der Waals surface area contributed by atoms with E-state index in [2.05, 4.69) is 50.0 Å². The highest BCUT2D eigenvalue weighted by molar-refractivity contribution is 14.1. The summed E-state index contributed by atoms with van der Waals surface area (Å²) >= 11 is 2.83. The molecule has 1 aromatic rings. The van der Waals surface area contributed by atoms with Crippen LogP contribution in [0.2, 0.25) is 4.55 Å². The van der Waals surface area contributed by atoms with E-state index in [-0.39, 0.29) is 16.5 Å². The topological polar surface area (TPSA) is 0 Å². The summed E-state index contributed by atoms with van der Waals surface area (Å²) in [4.78, 5) is 0. The van der Waals surface area contributed by atoms with Gasteiger partial charge in [0.1, 0.15) is 0 Å². The van der Waals surface area contributed by atoms with E-state index in [0.717, 1.165) is 0 Å². The van der Waals surface area contributed by atoms with Gasteiger partial charge in [-0.2, -0.15) is 0 Å². The maximum Gasteiger partial charge on any atom is 0.463 e. The zero-order valence-corrected chi connectivity index (χ0v) is 11.1. The third-order valence-corrected chi connectivity index (χ3v) is 5.03. The lowest BCUT2D eigenvalue weighted by Crippen LogP contribution is -1.86. The van der Waals surface area contributed by atoms with Crippen molar-refractivity contribution in [2.45, 2.75) is 24.3 Å². The van der Waals surface area contributed by atoms with Gasteiger partial charge in [-0.05, 0) is 18.9 Å². The highest BCUT2D eigenvalue weighted by atomic mass is 127. The van der Waals surface area contributed by atoms with Crippen LogP contribution in [-0.2, 0) is 6.42 Å². The summed E-state index contributed by atoms with van der Waals surface area (Å²) in [5.41, 5.74) is 2.86. The van der Waals surface area contributed by atoms with Crippen LogP contribution in [0.3, 0.4) is 0 Å². The molecule has 1 aromatic carbocycles. The van der Waals surface area contributed by atoms with E-state index in [1.807, 2.05) is 0 Å². The molecule has 0 fully saturated rings. The molecule has 0 radical (unpaired) electrons. The van der Waals surface area contributed by atoms with Gasteiger partial charge in [0.25, 0.3) is 0 Å². The molecule has 62 valence electrons. The Morgan fingerprint density at radius 1 is 1.25 bits per heavy atom. The van der Waals surface area contributed by atoms with E-state index in [4.69, 9.17) is 0 Å². The molecule has 0 saturated heterocycles. The van der Waals surface area contributed by atoms with E-state index < -0.39 is 0 Å². The Labute approximate surface area is 94.2 Å². The molecule has 0 amide bonds. The quantitative estimate of drug-likeness (QED) is 0.451. The fourth-order valence-electron chi connectivity index (χ4n) is 1.18. The van der Waals surface area contributed by atoms with Gasteiger partial charge in [-0.3, -0.25) is 0 Å². The Morgan fingerprint density at radius 3 is 2.50 bits per heavy atom. The van der Waals surface area contributed by atoms with Crippen LogP contribution in [0, 0.1) is 6.92 Å². The molecule has 1 rings (SSSR count). The maximum atomic E-state index is 2.57. The van der Waals surface area contributed by atoms with Crippen molar-refractivity contribution >= 4 is 35.3 Å².